The zero-order chi connectivity index (χ0) is 18.1. The van der Waals surface area contributed by atoms with E-state index in [-0.39, 0.29) is 27.9 Å². The minimum atomic E-state index is -4.22. The van der Waals surface area contributed by atoms with Crippen molar-refractivity contribution in [1.29, 1.82) is 0 Å². The van der Waals surface area contributed by atoms with Gasteiger partial charge in [0.25, 0.3) is 10.1 Å². The first-order chi connectivity index (χ1) is 12.0. The first-order valence-electron chi connectivity index (χ1n) is 9.52. The van der Waals surface area contributed by atoms with E-state index >= 15 is 0 Å². The summed E-state index contributed by atoms with van der Waals surface area (Å²) in [6.07, 6.45) is 11.8. The Morgan fingerprint density at radius 3 is 2.00 bits per heavy atom. The van der Waals surface area contributed by atoms with E-state index in [1.807, 2.05) is 24.3 Å². The molecule has 0 atom stereocenters. The molecule has 0 unspecified atom stereocenters. The van der Waals surface area contributed by atoms with Crippen LogP contribution in [0.2, 0.25) is 0 Å². The van der Waals surface area contributed by atoms with Crippen molar-refractivity contribution in [2.45, 2.75) is 76.0 Å². The van der Waals surface area contributed by atoms with Crippen molar-refractivity contribution in [3.05, 3.63) is 42.0 Å². The fourth-order valence-electron chi connectivity index (χ4n) is 3.42. The number of hydrogen-bond acceptors (Lipinski definition) is 2. The van der Waals surface area contributed by atoms with E-state index in [2.05, 4.69) is 6.92 Å². The van der Waals surface area contributed by atoms with Crippen molar-refractivity contribution in [1.82, 2.24) is 0 Å². The van der Waals surface area contributed by atoms with Gasteiger partial charge in [-0.2, -0.15) is 8.42 Å². The molecule has 2 radical (unpaired) electrons. The van der Waals surface area contributed by atoms with Crippen molar-refractivity contribution in [3.8, 4) is 0 Å². The van der Waals surface area contributed by atoms with Crippen LogP contribution in [0.5, 0.6) is 0 Å². The molecule has 0 amide bonds. The molecule has 2 aromatic rings. The Morgan fingerprint density at radius 2 is 1.38 bits per heavy atom. The molecule has 1 N–H and O–H groups in total. The Bertz CT molecular complexity index is 772. The predicted molar refractivity (Wildman–Crippen MR) is 110 cm³/mol. The molecule has 5 heteroatoms. The van der Waals surface area contributed by atoms with Gasteiger partial charge in [0.05, 0.1) is 0 Å². The van der Waals surface area contributed by atoms with Crippen LogP contribution < -0.4 is 0 Å². The number of fused-ring (bicyclic) bond motifs is 1. The third kappa shape index (κ3) is 7.18. The van der Waals surface area contributed by atoms with Crippen LogP contribution in [0.3, 0.4) is 0 Å². The van der Waals surface area contributed by atoms with Crippen molar-refractivity contribution in [2.75, 3.05) is 0 Å². The van der Waals surface area contributed by atoms with E-state index in [0.29, 0.717) is 11.8 Å². The minimum absolute atomic E-state index is 0. The Hall–Kier alpha value is -0.624. The number of rotatable bonds is 11. The highest BCUT2D eigenvalue weighted by Crippen LogP contribution is 2.28. The molecule has 2 rings (SSSR count). The Labute approximate surface area is 174 Å². The normalized spacial score (nSPS) is 11.5. The van der Waals surface area contributed by atoms with Crippen LogP contribution in [0, 0.1) is 0 Å². The summed E-state index contributed by atoms with van der Waals surface area (Å²) in [7, 11) is -4.22. The molecule has 0 aliphatic rings. The maximum absolute atomic E-state index is 11.9. The standard InChI is InChI=1S/C21H30O3S.Mg/c1-2-3-4-5-6-7-8-9-10-14-19-17-16-18-13-11-12-15-20(18)21(19)25(22,23)24;/h11-13,15-17H,2-10,14H2,1H3,(H,22,23,24);. The molecular formula is C21H30MgO3S. The fraction of sp³-hybridized carbons (Fsp3) is 0.524. The lowest BCUT2D eigenvalue weighted by atomic mass is 10.0. The molecule has 0 spiro atoms. The van der Waals surface area contributed by atoms with Gasteiger partial charge < -0.3 is 0 Å². The topological polar surface area (TPSA) is 54.4 Å². The average Bonchev–Trinajstić information content (AvgIpc) is 2.59. The van der Waals surface area contributed by atoms with Gasteiger partial charge in [0.1, 0.15) is 4.90 Å². The number of unbranched alkanes of at least 4 members (excludes halogenated alkanes) is 8. The molecule has 0 aliphatic heterocycles. The van der Waals surface area contributed by atoms with Crippen LogP contribution >= 0.6 is 0 Å². The lowest BCUT2D eigenvalue weighted by molar-refractivity contribution is 0.482. The third-order valence-electron chi connectivity index (χ3n) is 4.77. The molecule has 0 heterocycles. The van der Waals surface area contributed by atoms with Gasteiger partial charge in [-0.15, -0.1) is 0 Å². The Kier molecular flexibility index (Phi) is 10.8. The molecule has 0 aromatic heterocycles. The summed E-state index contributed by atoms with van der Waals surface area (Å²) < 4.78 is 33.5. The molecule has 140 valence electrons. The molecule has 26 heavy (non-hydrogen) atoms. The van der Waals surface area contributed by atoms with E-state index < -0.39 is 10.1 Å². The van der Waals surface area contributed by atoms with Gasteiger partial charge >= 0.3 is 0 Å². The monoisotopic (exact) mass is 386 g/mol. The largest absolute Gasteiger partial charge is 0.295 e. The van der Waals surface area contributed by atoms with Gasteiger partial charge in [0.15, 0.2) is 0 Å². The fourth-order valence-corrected chi connectivity index (χ4v) is 4.38. The Morgan fingerprint density at radius 1 is 0.808 bits per heavy atom. The summed E-state index contributed by atoms with van der Waals surface area (Å²) in [5.74, 6) is 0. The third-order valence-corrected chi connectivity index (χ3v) is 5.77. The molecule has 3 nitrogen and oxygen atoms in total. The highest BCUT2D eigenvalue weighted by atomic mass is 32.2. The van der Waals surface area contributed by atoms with Crippen molar-refractivity contribution in [2.24, 2.45) is 0 Å². The van der Waals surface area contributed by atoms with Gasteiger partial charge in [0, 0.05) is 28.4 Å². The van der Waals surface area contributed by atoms with Crippen LogP contribution in [-0.2, 0) is 16.5 Å². The van der Waals surface area contributed by atoms with Crippen LogP contribution in [-0.4, -0.2) is 36.0 Å². The number of aryl methyl sites for hydroxylation is 1. The van der Waals surface area contributed by atoms with Gasteiger partial charge in [-0.1, -0.05) is 94.7 Å². The quantitative estimate of drug-likeness (QED) is 0.302. The lowest BCUT2D eigenvalue weighted by Gasteiger charge is -2.11. The van der Waals surface area contributed by atoms with Crippen LogP contribution in [0.4, 0.5) is 0 Å². The first kappa shape index (κ1) is 23.4. The highest BCUT2D eigenvalue weighted by Gasteiger charge is 2.18. The Balaban J connectivity index is 0.00000338. The van der Waals surface area contributed by atoms with Crippen molar-refractivity contribution < 1.29 is 13.0 Å². The lowest BCUT2D eigenvalue weighted by Crippen LogP contribution is -2.04. The first-order valence-corrected chi connectivity index (χ1v) is 11.0. The summed E-state index contributed by atoms with van der Waals surface area (Å²) in [5, 5.41) is 1.45. The van der Waals surface area contributed by atoms with Crippen LogP contribution in [0.1, 0.15) is 70.3 Å². The summed E-state index contributed by atoms with van der Waals surface area (Å²) >= 11 is 0. The smallest absolute Gasteiger partial charge is 0.282 e. The van der Waals surface area contributed by atoms with Crippen LogP contribution in [0.25, 0.3) is 10.8 Å². The molecular weight excluding hydrogens is 357 g/mol. The van der Waals surface area contributed by atoms with E-state index in [4.69, 9.17) is 0 Å². The maximum atomic E-state index is 11.9. The van der Waals surface area contributed by atoms with E-state index in [1.54, 1.807) is 12.1 Å². The van der Waals surface area contributed by atoms with Crippen molar-refractivity contribution in [3.63, 3.8) is 0 Å². The summed E-state index contributed by atoms with van der Waals surface area (Å²) in [5.41, 5.74) is 0.726. The minimum Gasteiger partial charge on any atom is -0.282 e. The zero-order valence-electron chi connectivity index (χ0n) is 15.9. The van der Waals surface area contributed by atoms with Gasteiger partial charge in [-0.05, 0) is 23.8 Å². The summed E-state index contributed by atoms with van der Waals surface area (Å²) in [4.78, 5) is 0.0881. The van der Waals surface area contributed by atoms with E-state index in [1.165, 1.54) is 44.9 Å². The van der Waals surface area contributed by atoms with Crippen LogP contribution in [0.15, 0.2) is 41.3 Å². The average molecular weight is 387 g/mol. The maximum Gasteiger partial charge on any atom is 0.295 e. The molecule has 0 aliphatic carbocycles. The SMILES string of the molecule is CCCCCCCCCCCc1ccc2ccccc2c1S(=O)(=O)O.[Mg]. The van der Waals surface area contributed by atoms with Crippen molar-refractivity contribution >= 4 is 43.9 Å². The summed E-state index contributed by atoms with van der Waals surface area (Å²) in [6, 6.07) is 11.1. The second-order valence-corrected chi connectivity index (χ2v) is 8.19. The molecule has 2 aromatic carbocycles. The van der Waals surface area contributed by atoms with E-state index in [9.17, 15) is 13.0 Å². The number of hydrogen-bond donors (Lipinski definition) is 1. The molecule has 0 saturated carbocycles. The molecule has 0 saturated heterocycles. The predicted octanol–water partition coefficient (Wildman–Crippen LogP) is 5.78. The van der Waals surface area contributed by atoms with E-state index in [0.717, 1.165) is 23.8 Å². The highest BCUT2D eigenvalue weighted by molar-refractivity contribution is 7.86. The zero-order valence-corrected chi connectivity index (χ0v) is 18.1. The van der Waals surface area contributed by atoms with Gasteiger partial charge in [-0.3, -0.25) is 4.55 Å². The molecule has 0 bridgehead atoms. The molecule has 0 fully saturated rings. The van der Waals surface area contributed by atoms with Gasteiger partial charge in [-0.25, -0.2) is 0 Å². The summed E-state index contributed by atoms with van der Waals surface area (Å²) in [6.45, 7) is 2.23. The second-order valence-electron chi connectivity index (χ2n) is 6.83. The van der Waals surface area contributed by atoms with Gasteiger partial charge in [0.2, 0.25) is 0 Å². The number of benzene rings is 2. The second kappa shape index (κ2) is 12.0.